The highest BCUT2D eigenvalue weighted by Gasteiger charge is 2.21. The molecule has 0 aliphatic carbocycles. The van der Waals surface area contributed by atoms with Crippen LogP contribution >= 0.6 is 0 Å². The molecule has 0 saturated carbocycles. The average molecular weight is 215 g/mol. The van der Waals surface area contributed by atoms with Gasteiger partial charge in [0.05, 0.1) is 6.61 Å². The second kappa shape index (κ2) is 8.26. The Bertz CT molecular complexity index is 189. The molecule has 15 heavy (non-hydrogen) atoms. The summed E-state index contributed by atoms with van der Waals surface area (Å²) in [7, 11) is 0. The van der Waals surface area contributed by atoms with Crippen LogP contribution in [-0.2, 0) is 19.1 Å². The Balaban J connectivity index is 3.97. The molecule has 0 aliphatic rings. The van der Waals surface area contributed by atoms with Crippen molar-refractivity contribution >= 4 is 12.4 Å². The van der Waals surface area contributed by atoms with E-state index in [1.807, 2.05) is 20.8 Å². The lowest BCUT2D eigenvalue weighted by Crippen LogP contribution is -2.27. The van der Waals surface area contributed by atoms with Gasteiger partial charge in [-0.1, -0.05) is 27.2 Å². The zero-order valence-electron chi connectivity index (χ0n) is 9.62. The molecule has 0 aromatic carbocycles. The topological polar surface area (TPSA) is 52.6 Å². The summed E-state index contributed by atoms with van der Waals surface area (Å²) in [4.78, 5) is 21.5. The SMILES string of the molecule is CCCCC(O[C]=O)C(=O)OCC(C)C. The number of ether oxygens (including phenoxy) is 2. The quantitative estimate of drug-likeness (QED) is 0.580. The molecule has 0 aromatic heterocycles. The molecule has 1 radical (unpaired) electrons. The fourth-order valence-corrected chi connectivity index (χ4v) is 1.01. The van der Waals surface area contributed by atoms with Crippen LogP contribution in [0.3, 0.4) is 0 Å². The summed E-state index contributed by atoms with van der Waals surface area (Å²) in [6.07, 6.45) is 1.48. The maximum absolute atomic E-state index is 11.4. The molecule has 0 amide bonds. The minimum Gasteiger partial charge on any atom is -0.463 e. The Kier molecular flexibility index (Phi) is 7.68. The largest absolute Gasteiger partial charge is 0.463 e. The Hall–Kier alpha value is -1.06. The van der Waals surface area contributed by atoms with Gasteiger partial charge >= 0.3 is 12.4 Å². The van der Waals surface area contributed by atoms with Crippen LogP contribution < -0.4 is 0 Å². The van der Waals surface area contributed by atoms with Gasteiger partial charge in [-0.3, -0.25) is 0 Å². The van der Waals surface area contributed by atoms with Gasteiger partial charge in [-0.05, 0) is 18.8 Å². The first-order valence-electron chi connectivity index (χ1n) is 5.31. The molecule has 0 aromatic rings. The predicted octanol–water partition coefficient (Wildman–Crippen LogP) is 1.83. The van der Waals surface area contributed by atoms with Crippen molar-refractivity contribution in [3.05, 3.63) is 0 Å². The van der Waals surface area contributed by atoms with Crippen LogP contribution in [0.4, 0.5) is 0 Å². The van der Waals surface area contributed by atoms with E-state index in [4.69, 9.17) is 4.74 Å². The molecule has 0 aliphatic heterocycles. The van der Waals surface area contributed by atoms with Crippen molar-refractivity contribution in [3.63, 3.8) is 0 Å². The summed E-state index contributed by atoms with van der Waals surface area (Å²) in [5.74, 6) is -0.193. The summed E-state index contributed by atoms with van der Waals surface area (Å²) in [6, 6.07) is 0. The Labute approximate surface area is 90.9 Å². The fourth-order valence-electron chi connectivity index (χ4n) is 1.01. The highest BCUT2D eigenvalue weighted by molar-refractivity contribution is 5.75. The molecule has 0 heterocycles. The molecular formula is C11H19O4. The second-order valence-corrected chi connectivity index (χ2v) is 3.86. The molecule has 0 N–H and O–H groups in total. The van der Waals surface area contributed by atoms with Gasteiger partial charge in [0, 0.05) is 0 Å². The van der Waals surface area contributed by atoms with Crippen molar-refractivity contribution in [2.75, 3.05) is 6.61 Å². The number of esters is 1. The lowest BCUT2D eigenvalue weighted by molar-refractivity contribution is -0.154. The van der Waals surface area contributed by atoms with E-state index in [0.29, 0.717) is 13.0 Å². The molecule has 0 bridgehead atoms. The summed E-state index contributed by atoms with van der Waals surface area (Å²) in [5.41, 5.74) is 0. The van der Waals surface area contributed by atoms with Crippen molar-refractivity contribution in [1.82, 2.24) is 0 Å². The van der Waals surface area contributed by atoms with Crippen molar-refractivity contribution < 1.29 is 19.1 Å². The van der Waals surface area contributed by atoms with Crippen molar-refractivity contribution in [1.29, 1.82) is 0 Å². The lowest BCUT2D eigenvalue weighted by atomic mass is 10.1. The Morgan fingerprint density at radius 2 is 2.07 bits per heavy atom. The minimum atomic E-state index is -0.791. The van der Waals surface area contributed by atoms with Crippen molar-refractivity contribution in [2.45, 2.75) is 46.1 Å². The van der Waals surface area contributed by atoms with Gasteiger partial charge in [0.1, 0.15) is 0 Å². The minimum absolute atomic E-state index is 0.279. The van der Waals surface area contributed by atoms with E-state index in [0.717, 1.165) is 12.8 Å². The maximum Gasteiger partial charge on any atom is 0.418 e. The Morgan fingerprint density at radius 1 is 1.40 bits per heavy atom. The summed E-state index contributed by atoms with van der Waals surface area (Å²) < 4.78 is 9.53. The third-order valence-electron chi connectivity index (χ3n) is 1.83. The first-order valence-corrected chi connectivity index (χ1v) is 5.31. The van der Waals surface area contributed by atoms with Crippen LogP contribution in [0.1, 0.15) is 40.0 Å². The molecule has 1 atom stereocenters. The van der Waals surface area contributed by atoms with Gasteiger partial charge in [0.25, 0.3) is 0 Å². The third-order valence-corrected chi connectivity index (χ3v) is 1.83. The van der Waals surface area contributed by atoms with Crippen LogP contribution in [0.5, 0.6) is 0 Å². The monoisotopic (exact) mass is 215 g/mol. The normalized spacial score (nSPS) is 12.3. The van der Waals surface area contributed by atoms with Gasteiger partial charge in [0.2, 0.25) is 0 Å². The molecular weight excluding hydrogens is 196 g/mol. The molecule has 0 rings (SSSR count). The molecule has 87 valence electrons. The lowest BCUT2D eigenvalue weighted by Gasteiger charge is -2.14. The van der Waals surface area contributed by atoms with Crippen LogP contribution in [-0.4, -0.2) is 25.2 Å². The smallest absolute Gasteiger partial charge is 0.418 e. The standard InChI is InChI=1S/C11H19O4/c1-4-5-6-10(15-8-12)11(13)14-7-9(2)3/h9-10H,4-7H2,1-3H3. The second-order valence-electron chi connectivity index (χ2n) is 3.86. The van der Waals surface area contributed by atoms with Gasteiger partial charge < -0.3 is 9.47 Å². The van der Waals surface area contributed by atoms with E-state index >= 15 is 0 Å². The molecule has 1 unspecified atom stereocenters. The molecule has 0 fully saturated rings. The van der Waals surface area contributed by atoms with E-state index in [1.54, 1.807) is 0 Å². The van der Waals surface area contributed by atoms with Crippen molar-refractivity contribution in [3.8, 4) is 0 Å². The number of hydrogen-bond donors (Lipinski definition) is 0. The van der Waals surface area contributed by atoms with Gasteiger partial charge in [-0.2, -0.15) is 0 Å². The van der Waals surface area contributed by atoms with Gasteiger partial charge in [-0.25, -0.2) is 9.59 Å². The third kappa shape index (κ3) is 6.94. The summed E-state index contributed by atoms with van der Waals surface area (Å²) >= 11 is 0. The molecule has 0 saturated heterocycles. The zero-order valence-corrected chi connectivity index (χ0v) is 9.62. The van der Waals surface area contributed by atoms with Crippen molar-refractivity contribution in [2.24, 2.45) is 5.92 Å². The molecule has 4 heteroatoms. The van der Waals surface area contributed by atoms with Gasteiger partial charge in [0.15, 0.2) is 6.10 Å². The van der Waals surface area contributed by atoms with Crippen LogP contribution in [0.25, 0.3) is 0 Å². The Morgan fingerprint density at radius 3 is 2.53 bits per heavy atom. The first kappa shape index (κ1) is 13.9. The maximum atomic E-state index is 11.4. The summed E-state index contributed by atoms with van der Waals surface area (Å²) in [5, 5.41) is 0. The number of carbonyl (C=O) groups excluding carboxylic acids is 2. The van der Waals surface area contributed by atoms with Crippen LogP contribution in [0.2, 0.25) is 0 Å². The van der Waals surface area contributed by atoms with E-state index in [9.17, 15) is 9.59 Å². The molecule has 4 nitrogen and oxygen atoms in total. The van der Waals surface area contributed by atoms with E-state index < -0.39 is 12.1 Å². The fraction of sp³-hybridized carbons (Fsp3) is 0.818. The van der Waals surface area contributed by atoms with E-state index in [-0.39, 0.29) is 5.92 Å². The number of hydrogen-bond acceptors (Lipinski definition) is 4. The van der Waals surface area contributed by atoms with E-state index in [2.05, 4.69) is 4.74 Å². The number of unbranched alkanes of at least 4 members (excludes halogenated alkanes) is 1. The number of carbonyl (C=O) groups is 1. The average Bonchev–Trinajstić information content (AvgIpc) is 2.20. The highest BCUT2D eigenvalue weighted by Crippen LogP contribution is 2.07. The zero-order chi connectivity index (χ0) is 11.7. The van der Waals surface area contributed by atoms with Crippen LogP contribution in [0, 0.1) is 5.92 Å². The van der Waals surface area contributed by atoms with E-state index in [1.165, 1.54) is 6.47 Å². The predicted molar refractivity (Wildman–Crippen MR) is 55.9 cm³/mol. The summed E-state index contributed by atoms with van der Waals surface area (Å²) in [6.45, 7) is 7.54. The van der Waals surface area contributed by atoms with Gasteiger partial charge in [-0.15, -0.1) is 0 Å². The highest BCUT2D eigenvalue weighted by atomic mass is 16.6. The van der Waals surface area contributed by atoms with Crippen LogP contribution in [0.15, 0.2) is 0 Å². The first-order chi connectivity index (χ1) is 7.11. The number of rotatable bonds is 8. The molecule has 0 spiro atoms.